The molecule has 0 radical (unpaired) electrons. The van der Waals surface area contributed by atoms with Crippen molar-refractivity contribution in [1.29, 1.82) is 0 Å². The maximum Gasteiger partial charge on any atom is 0.133 e. The number of rotatable bonds is 3. The molecule has 2 rings (SSSR count). The van der Waals surface area contributed by atoms with E-state index < -0.39 is 5.60 Å². The average molecular weight is 265 g/mol. The number of aliphatic hydroxyl groups is 1. The Morgan fingerprint density at radius 3 is 2.63 bits per heavy atom. The topological polar surface area (TPSA) is 65.8 Å². The Labute approximate surface area is 114 Å². The van der Waals surface area contributed by atoms with Gasteiger partial charge in [-0.25, -0.2) is 4.98 Å². The van der Waals surface area contributed by atoms with Crippen LogP contribution < -0.4 is 4.90 Å². The standard InChI is InChI=1S/C12H17N3O2.C2H6/c1-12(16)4-7-15(8-5-12)11-10(9-14-17)3-2-6-13-11;1-2/h2-3,6,16H,4-5,7-9H2,1H3;1-2H3. The molecule has 106 valence electrons. The SMILES string of the molecule is CC.CC1(O)CCN(c2ncccc2CN=O)CC1. The van der Waals surface area contributed by atoms with Crippen molar-refractivity contribution in [2.75, 3.05) is 18.0 Å². The molecule has 0 unspecified atom stereocenters. The second-order valence-corrected chi connectivity index (χ2v) is 4.76. The summed E-state index contributed by atoms with van der Waals surface area (Å²) in [5.74, 6) is 0.822. The zero-order valence-electron chi connectivity index (χ0n) is 12.0. The lowest BCUT2D eigenvalue weighted by molar-refractivity contribution is 0.0350. The molecule has 1 N–H and O–H groups in total. The van der Waals surface area contributed by atoms with E-state index in [-0.39, 0.29) is 6.54 Å². The van der Waals surface area contributed by atoms with Crippen molar-refractivity contribution >= 4 is 5.82 Å². The fourth-order valence-electron chi connectivity index (χ4n) is 2.11. The highest BCUT2D eigenvalue weighted by atomic mass is 16.3. The number of anilines is 1. The normalized spacial score (nSPS) is 17.4. The molecular formula is C14H23N3O2. The summed E-state index contributed by atoms with van der Waals surface area (Å²) in [6.07, 6.45) is 3.16. The van der Waals surface area contributed by atoms with Crippen LogP contribution in [0.4, 0.5) is 5.82 Å². The largest absolute Gasteiger partial charge is 0.390 e. The lowest BCUT2D eigenvalue weighted by atomic mass is 9.93. The van der Waals surface area contributed by atoms with Gasteiger partial charge in [0.25, 0.3) is 0 Å². The molecule has 1 aliphatic heterocycles. The maximum absolute atomic E-state index is 10.4. The summed E-state index contributed by atoms with van der Waals surface area (Å²) < 4.78 is 0. The van der Waals surface area contributed by atoms with E-state index in [9.17, 15) is 10.0 Å². The van der Waals surface area contributed by atoms with Crippen LogP contribution >= 0.6 is 0 Å². The Morgan fingerprint density at radius 2 is 2.05 bits per heavy atom. The van der Waals surface area contributed by atoms with Crippen LogP contribution in [0.5, 0.6) is 0 Å². The van der Waals surface area contributed by atoms with Gasteiger partial charge >= 0.3 is 0 Å². The van der Waals surface area contributed by atoms with E-state index in [0.717, 1.165) is 37.3 Å². The van der Waals surface area contributed by atoms with Crippen LogP contribution in [0.2, 0.25) is 0 Å². The minimum Gasteiger partial charge on any atom is -0.390 e. The minimum absolute atomic E-state index is 0.149. The Hall–Kier alpha value is -1.49. The first-order valence-electron chi connectivity index (χ1n) is 6.83. The molecule has 0 bridgehead atoms. The highest BCUT2D eigenvalue weighted by Gasteiger charge is 2.28. The molecule has 1 aromatic heterocycles. The Bertz CT molecular complexity index is 397. The molecule has 5 nitrogen and oxygen atoms in total. The zero-order valence-corrected chi connectivity index (χ0v) is 12.0. The molecule has 1 fully saturated rings. The van der Waals surface area contributed by atoms with E-state index >= 15 is 0 Å². The predicted octanol–water partition coefficient (Wildman–Crippen LogP) is 2.73. The predicted molar refractivity (Wildman–Crippen MR) is 77.2 cm³/mol. The van der Waals surface area contributed by atoms with E-state index in [2.05, 4.69) is 15.1 Å². The van der Waals surface area contributed by atoms with E-state index in [1.165, 1.54) is 0 Å². The molecule has 0 amide bonds. The van der Waals surface area contributed by atoms with Crippen LogP contribution in [-0.4, -0.2) is 28.8 Å². The number of nitroso groups, excluding NO2 is 1. The molecule has 2 heterocycles. The molecule has 1 aromatic rings. The van der Waals surface area contributed by atoms with Crippen LogP contribution in [0.15, 0.2) is 23.5 Å². The molecule has 1 saturated heterocycles. The van der Waals surface area contributed by atoms with Crippen LogP contribution in [0, 0.1) is 4.91 Å². The highest BCUT2D eigenvalue weighted by Crippen LogP contribution is 2.26. The van der Waals surface area contributed by atoms with Crippen molar-refractivity contribution in [3.05, 3.63) is 28.8 Å². The summed E-state index contributed by atoms with van der Waals surface area (Å²) in [5, 5.41) is 12.8. The van der Waals surface area contributed by atoms with Gasteiger partial charge in [-0.05, 0) is 25.8 Å². The van der Waals surface area contributed by atoms with Crippen LogP contribution in [0.25, 0.3) is 0 Å². The third kappa shape index (κ3) is 4.28. The van der Waals surface area contributed by atoms with Crippen molar-refractivity contribution in [3.63, 3.8) is 0 Å². The molecule has 0 saturated carbocycles. The van der Waals surface area contributed by atoms with Gasteiger partial charge in [0.2, 0.25) is 0 Å². The molecule has 19 heavy (non-hydrogen) atoms. The second-order valence-electron chi connectivity index (χ2n) is 4.76. The quantitative estimate of drug-likeness (QED) is 0.853. The van der Waals surface area contributed by atoms with Gasteiger partial charge in [0.15, 0.2) is 0 Å². The lowest BCUT2D eigenvalue weighted by Crippen LogP contribution is -2.43. The number of nitrogens with zero attached hydrogens (tertiary/aromatic N) is 3. The monoisotopic (exact) mass is 265 g/mol. The first kappa shape index (κ1) is 15.6. The summed E-state index contributed by atoms with van der Waals surface area (Å²) in [5.41, 5.74) is 0.276. The summed E-state index contributed by atoms with van der Waals surface area (Å²) in [6, 6.07) is 3.68. The van der Waals surface area contributed by atoms with Crippen molar-refractivity contribution < 1.29 is 5.11 Å². The number of piperidine rings is 1. The third-order valence-corrected chi connectivity index (χ3v) is 3.24. The van der Waals surface area contributed by atoms with Crippen molar-refractivity contribution in [1.82, 2.24) is 4.98 Å². The molecule has 0 aromatic carbocycles. The molecule has 0 aliphatic carbocycles. The van der Waals surface area contributed by atoms with Gasteiger partial charge in [0.05, 0.1) is 5.60 Å². The van der Waals surface area contributed by atoms with E-state index in [1.54, 1.807) is 6.20 Å². The molecule has 0 spiro atoms. The van der Waals surface area contributed by atoms with Gasteiger partial charge in [-0.3, -0.25) is 0 Å². The fraction of sp³-hybridized carbons (Fsp3) is 0.643. The Balaban J connectivity index is 0.000000861. The summed E-state index contributed by atoms with van der Waals surface area (Å²) in [4.78, 5) is 16.8. The first-order valence-corrected chi connectivity index (χ1v) is 6.83. The average Bonchev–Trinajstić information content (AvgIpc) is 2.42. The van der Waals surface area contributed by atoms with Gasteiger partial charge in [-0.15, -0.1) is 0 Å². The van der Waals surface area contributed by atoms with E-state index in [4.69, 9.17) is 0 Å². The van der Waals surface area contributed by atoms with Gasteiger partial charge in [-0.1, -0.05) is 25.1 Å². The van der Waals surface area contributed by atoms with Crippen LogP contribution in [0.3, 0.4) is 0 Å². The number of aromatic nitrogens is 1. The van der Waals surface area contributed by atoms with Gasteiger partial charge in [0.1, 0.15) is 12.4 Å². The highest BCUT2D eigenvalue weighted by molar-refractivity contribution is 5.47. The van der Waals surface area contributed by atoms with Crippen LogP contribution in [-0.2, 0) is 6.54 Å². The molecular weight excluding hydrogens is 242 g/mol. The summed E-state index contributed by atoms with van der Waals surface area (Å²) >= 11 is 0. The minimum atomic E-state index is -0.575. The van der Waals surface area contributed by atoms with Crippen molar-refractivity contribution in [2.45, 2.75) is 45.8 Å². The Morgan fingerprint density at radius 1 is 1.42 bits per heavy atom. The van der Waals surface area contributed by atoms with E-state index in [1.807, 2.05) is 32.9 Å². The molecule has 1 aliphatic rings. The third-order valence-electron chi connectivity index (χ3n) is 3.24. The second kappa shape index (κ2) is 7.19. The molecule has 5 heteroatoms. The number of pyridine rings is 1. The first-order chi connectivity index (χ1) is 9.12. The van der Waals surface area contributed by atoms with Crippen molar-refractivity contribution in [3.8, 4) is 0 Å². The van der Waals surface area contributed by atoms with Crippen LogP contribution in [0.1, 0.15) is 39.2 Å². The lowest BCUT2D eigenvalue weighted by Gasteiger charge is -2.37. The maximum atomic E-state index is 10.4. The smallest absolute Gasteiger partial charge is 0.133 e. The van der Waals surface area contributed by atoms with Gasteiger partial charge in [0, 0.05) is 24.8 Å². The number of hydrogen-bond donors (Lipinski definition) is 1. The summed E-state index contributed by atoms with van der Waals surface area (Å²) in [6.45, 7) is 7.53. The van der Waals surface area contributed by atoms with Gasteiger partial charge in [-0.2, -0.15) is 4.91 Å². The molecule has 0 atom stereocenters. The van der Waals surface area contributed by atoms with Crippen molar-refractivity contribution in [2.24, 2.45) is 5.18 Å². The summed E-state index contributed by atoms with van der Waals surface area (Å²) in [7, 11) is 0. The Kier molecular flexibility index (Phi) is 5.89. The number of hydrogen-bond acceptors (Lipinski definition) is 5. The zero-order chi connectivity index (χ0) is 14.3. The van der Waals surface area contributed by atoms with Gasteiger partial charge < -0.3 is 10.0 Å². The fourth-order valence-corrected chi connectivity index (χ4v) is 2.11. The van der Waals surface area contributed by atoms with E-state index in [0.29, 0.717) is 0 Å².